The van der Waals surface area contributed by atoms with Crippen LogP contribution in [-0.2, 0) is 11.3 Å². The average Bonchev–Trinajstić information content (AvgIpc) is 2.53. The van der Waals surface area contributed by atoms with Gasteiger partial charge in [-0.3, -0.25) is 14.2 Å². The van der Waals surface area contributed by atoms with Crippen LogP contribution in [0.2, 0.25) is 0 Å². The number of carbonyl (C=O) groups is 1. The molecule has 1 aliphatic carbocycles. The first kappa shape index (κ1) is 17.1. The Bertz CT molecular complexity index is 779. The average molecular weight is 392 g/mol. The third-order valence-corrected chi connectivity index (χ3v) is 5.06. The summed E-state index contributed by atoms with van der Waals surface area (Å²) in [4.78, 5) is 29.1. The Morgan fingerprint density at radius 1 is 1.21 bits per heavy atom. The van der Waals surface area contributed by atoms with E-state index < -0.39 is 0 Å². The van der Waals surface area contributed by atoms with Gasteiger partial charge in [0, 0.05) is 10.5 Å². The minimum absolute atomic E-state index is 0.0186. The topological polar surface area (TPSA) is 64.0 Å². The zero-order chi connectivity index (χ0) is 16.9. The van der Waals surface area contributed by atoms with Crippen LogP contribution in [-0.4, -0.2) is 21.5 Å². The molecule has 3 rings (SSSR count). The summed E-state index contributed by atoms with van der Waals surface area (Å²) in [6.45, 7) is 0.0186. The fourth-order valence-corrected chi connectivity index (χ4v) is 3.63. The number of nitrogens with zero attached hydrogens (tertiary/aromatic N) is 2. The molecule has 128 valence electrons. The zero-order valence-electron chi connectivity index (χ0n) is 13.6. The van der Waals surface area contributed by atoms with Gasteiger partial charge in [0.05, 0.1) is 17.2 Å². The summed E-state index contributed by atoms with van der Waals surface area (Å²) in [5.74, 6) is -0.112. The first-order chi connectivity index (χ1) is 11.6. The molecule has 1 amide bonds. The molecule has 0 radical (unpaired) electrons. The molecule has 1 heterocycles. The lowest BCUT2D eigenvalue weighted by atomic mass is 9.97. The largest absolute Gasteiger partial charge is 0.352 e. The van der Waals surface area contributed by atoms with Crippen LogP contribution in [0.1, 0.15) is 44.9 Å². The second-order valence-electron chi connectivity index (χ2n) is 6.45. The Morgan fingerprint density at radius 2 is 1.92 bits per heavy atom. The highest BCUT2D eigenvalue weighted by Gasteiger charge is 2.15. The van der Waals surface area contributed by atoms with Crippen LogP contribution in [0.3, 0.4) is 0 Å². The van der Waals surface area contributed by atoms with Crippen molar-refractivity contribution in [2.45, 2.75) is 57.5 Å². The molecule has 24 heavy (non-hydrogen) atoms. The SMILES string of the molecule is O=C(Cn1cnc2ccc(Br)cc2c1=O)NC1CCCCCCC1. The third-order valence-electron chi connectivity index (χ3n) is 4.57. The van der Waals surface area contributed by atoms with Gasteiger partial charge in [0.2, 0.25) is 5.91 Å². The van der Waals surface area contributed by atoms with Crippen LogP contribution >= 0.6 is 15.9 Å². The number of nitrogens with one attached hydrogen (secondary N) is 1. The van der Waals surface area contributed by atoms with E-state index in [1.54, 1.807) is 12.1 Å². The molecule has 5 nitrogen and oxygen atoms in total. The fraction of sp³-hybridized carbons (Fsp3) is 0.500. The molecule has 1 aromatic heterocycles. The smallest absolute Gasteiger partial charge is 0.261 e. The van der Waals surface area contributed by atoms with E-state index in [9.17, 15) is 9.59 Å². The monoisotopic (exact) mass is 391 g/mol. The van der Waals surface area contributed by atoms with Gasteiger partial charge in [-0.15, -0.1) is 0 Å². The predicted molar refractivity (Wildman–Crippen MR) is 98.0 cm³/mol. The molecule has 0 aliphatic heterocycles. The highest BCUT2D eigenvalue weighted by molar-refractivity contribution is 9.10. The van der Waals surface area contributed by atoms with Gasteiger partial charge in [-0.05, 0) is 31.0 Å². The van der Waals surface area contributed by atoms with E-state index in [-0.39, 0.29) is 24.1 Å². The van der Waals surface area contributed by atoms with Gasteiger partial charge >= 0.3 is 0 Å². The number of carbonyl (C=O) groups excluding carboxylic acids is 1. The molecule has 1 fully saturated rings. The Hall–Kier alpha value is -1.69. The van der Waals surface area contributed by atoms with Crippen LogP contribution in [0, 0.1) is 0 Å². The summed E-state index contributed by atoms with van der Waals surface area (Å²) in [5.41, 5.74) is 0.453. The van der Waals surface area contributed by atoms with Crippen molar-refractivity contribution in [3.8, 4) is 0 Å². The number of hydrogen-bond donors (Lipinski definition) is 1. The number of halogens is 1. The number of hydrogen-bond acceptors (Lipinski definition) is 3. The van der Waals surface area contributed by atoms with E-state index in [2.05, 4.69) is 26.2 Å². The Balaban J connectivity index is 1.70. The number of rotatable bonds is 3. The summed E-state index contributed by atoms with van der Waals surface area (Å²) in [6, 6.07) is 5.62. The lowest BCUT2D eigenvalue weighted by molar-refractivity contribution is -0.122. The van der Waals surface area contributed by atoms with Gasteiger partial charge in [0.25, 0.3) is 5.56 Å². The highest BCUT2D eigenvalue weighted by Crippen LogP contribution is 2.17. The second kappa shape index (κ2) is 7.92. The van der Waals surface area contributed by atoms with Gasteiger partial charge in [-0.2, -0.15) is 0 Å². The lowest BCUT2D eigenvalue weighted by Crippen LogP contribution is -2.39. The predicted octanol–water partition coefficient (Wildman–Crippen LogP) is 3.39. The zero-order valence-corrected chi connectivity index (χ0v) is 15.2. The number of aromatic nitrogens is 2. The molecule has 0 saturated heterocycles. The maximum Gasteiger partial charge on any atom is 0.261 e. The van der Waals surface area contributed by atoms with Crippen LogP contribution < -0.4 is 10.9 Å². The molecule has 0 unspecified atom stereocenters. The summed E-state index contributed by atoms with van der Waals surface area (Å²) in [6.07, 6.45) is 9.63. The maximum absolute atomic E-state index is 12.5. The van der Waals surface area contributed by atoms with Crippen molar-refractivity contribution in [1.82, 2.24) is 14.9 Å². The summed E-state index contributed by atoms with van der Waals surface area (Å²) in [7, 11) is 0. The fourth-order valence-electron chi connectivity index (χ4n) is 3.27. The number of benzene rings is 1. The Kier molecular flexibility index (Phi) is 5.66. The molecule has 0 atom stereocenters. The normalized spacial score (nSPS) is 16.5. The van der Waals surface area contributed by atoms with Crippen molar-refractivity contribution in [3.63, 3.8) is 0 Å². The van der Waals surface area contributed by atoms with E-state index in [4.69, 9.17) is 0 Å². The summed E-state index contributed by atoms with van der Waals surface area (Å²) in [5, 5.41) is 3.61. The van der Waals surface area contributed by atoms with E-state index in [0.717, 1.165) is 30.2 Å². The Labute approximate surface area is 149 Å². The van der Waals surface area contributed by atoms with Crippen molar-refractivity contribution < 1.29 is 4.79 Å². The molecule has 6 heteroatoms. The number of fused-ring (bicyclic) bond motifs is 1. The standard InChI is InChI=1S/C18H22BrN3O2/c19-13-8-9-16-15(10-13)18(24)22(12-20-16)11-17(23)21-14-6-4-2-1-3-5-7-14/h8-10,12,14H,1-7,11H2,(H,21,23). The van der Waals surface area contributed by atoms with Crippen LogP contribution in [0.25, 0.3) is 10.9 Å². The van der Waals surface area contributed by atoms with Gasteiger partial charge < -0.3 is 5.32 Å². The molecule has 1 N–H and O–H groups in total. The van der Waals surface area contributed by atoms with Crippen LogP contribution in [0.5, 0.6) is 0 Å². The van der Waals surface area contributed by atoms with Crippen LogP contribution in [0.15, 0.2) is 33.8 Å². The summed E-state index contributed by atoms with van der Waals surface area (Å²) < 4.78 is 2.21. The lowest BCUT2D eigenvalue weighted by Gasteiger charge is -2.21. The van der Waals surface area contributed by atoms with Gasteiger partial charge in [0.15, 0.2) is 0 Å². The van der Waals surface area contributed by atoms with Gasteiger partial charge in [-0.25, -0.2) is 4.98 Å². The van der Waals surface area contributed by atoms with E-state index >= 15 is 0 Å². The minimum Gasteiger partial charge on any atom is -0.352 e. The highest BCUT2D eigenvalue weighted by atomic mass is 79.9. The molecule has 2 aromatic rings. The van der Waals surface area contributed by atoms with Crippen molar-refractivity contribution in [2.24, 2.45) is 0 Å². The number of amides is 1. The van der Waals surface area contributed by atoms with Gasteiger partial charge in [0.1, 0.15) is 6.54 Å². The molecular weight excluding hydrogens is 370 g/mol. The maximum atomic E-state index is 12.5. The summed E-state index contributed by atoms with van der Waals surface area (Å²) >= 11 is 3.37. The van der Waals surface area contributed by atoms with E-state index in [1.165, 1.54) is 30.2 Å². The molecule has 1 aliphatic rings. The van der Waals surface area contributed by atoms with Gasteiger partial charge in [-0.1, -0.05) is 48.0 Å². The van der Waals surface area contributed by atoms with Crippen molar-refractivity contribution in [3.05, 3.63) is 39.4 Å². The van der Waals surface area contributed by atoms with E-state index in [1.807, 2.05) is 6.07 Å². The first-order valence-electron chi connectivity index (χ1n) is 8.57. The third kappa shape index (κ3) is 4.23. The van der Waals surface area contributed by atoms with Crippen molar-refractivity contribution >= 4 is 32.7 Å². The molecule has 1 saturated carbocycles. The van der Waals surface area contributed by atoms with Crippen molar-refractivity contribution in [1.29, 1.82) is 0 Å². The molecule has 1 aromatic carbocycles. The minimum atomic E-state index is -0.186. The van der Waals surface area contributed by atoms with E-state index in [0.29, 0.717) is 10.9 Å². The first-order valence-corrected chi connectivity index (χ1v) is 9.37. The van der Waals surface area contributed by atoms with Crippen LogP contribution in [0.4, 0.5) is 0 Å². The Morgan fingerprint density at radius 3 is 2.67 bits per heavy atom. The quantitative estimate of drug-likeness (QED) is 0.871. The molecular formula is C18H22BrN3O2. The molecule has 0 spiro atoms. The molecule has 0 bridgehead atoms. The van der Waals surface area contributed by atoms with Crippen molar-refractivity contribution in [2.75, 3.05) is 0 Å². The second-order valence-corrected chi connectivity index (χ2v) is 7.36.